The molecule has 1 atom stereocenters. The lowest BCUT2D eigenvalue weighted by atomic mass is 10.1. The summed E-state index contributed by atoms with van der Waals surface area (Å²) in [5.74, 6) is 0.473. The molecule has 0 N–H and O–H groups in total. The number of aromatic nitrogens is 2. The Hall–Kier alpha value is -0.550. The molecule has 0 aromatic carbocycles. The molecule has 1 heterocycles. The second kappa shape index (κ2) is 4.31. The SMILES string of the molecule is CCC(C)Cn1cc(S(=O)(=O)Cl)cn1. The largest absolute Gasteiger partial charge is 0.271 e. The summed E-state index contributed by atoms with van der Waals surface area (Å²) in [7, 11) is 1.53. The quantitative estimate of drug-likeness (QED) is 0.750. The molecule has 14 heavy (non-hydrogen) atoms. The van der Waals surface area contributed by atoms with Crippen LogP contribution in [0, 0.1) is 5.92 Å². The van der Waals surface area contributed by atoms with Crippen LogP contribution in [-0.2, 0) is 15.6 Å². The molecule has 0 aliphatic heterocycles. The van der Waals surface area contributed by atoms with E-state index in [2.05, 4.69) is 18.9 Å². The number of halogens is 1. The van der Waals surface area contributed by atoms with Crippen molar-refractivity contribution in [2.45, 2.75) is 31.7 Å². The Balaban J connectivity index is 2.79. The van der Waals surface area contributed by atoms with Crippen molar-refractivity contribution in [1.29, 1.82) is 0 Å². The molecule has 1 aromatic heterocycles. The lowest BCUT2D eigenvalue weighted by Crippen LogP contribution is -2.06. The minimum atomic E-state index is -3.64. The molecule has 0 bridgehead atoms. The first-order valence-electron chi connectivity index (χ1n) is 4.40. The highest BCUT2D eigenvalue weighted by atomic mass is 35.7. The zero-order valence-electron chi connectivity index (χ0n) is 8.14. The standard InChI is InChI=1S/C8H13ClN2O2S/c1-3-7(2)5-11-6-8(4-10-11)14(9,12)13/h4,6-7H,3,5H2,1-2H3. The third-order valence-corrected chi connectivity index (χ3v) is 3.40. The Morgan fingerprint density at radius 3 is 2.71 bits per heavy atom. The van der Waals surface area contributed by atoms with Gasteiger partial charge in [-0.2, -0.15) is 5.10 Å². The Kier molecular flexibility index (Phi) is 3.55. The summed E-state index contributed by atoms with van der Waals surface area (Å²) in [5.41, 5.74) is 0. The van der Waals surface area contributed by atoms with Gasteiger partial charge in [-0.05, 0) is 5.92 Å². The van der Waals surface area contributed by atoms with Crippen molar-refractivity contribution in [2.24, 2.45) is 5.92 Å². The van der Waals surface area contributed by atoms with E-state index >= 15 is 0 Å². The fourth-order valence-corrected chi connectivity index (χ4v) is 1.68. The number of hydrogen-bond donors (Lipinski definition) is 0. The maximum absolute atomic E-state index is 10.9. The summed E-state index contributed by atoms with van der Waals surface area (Å²) in [6.07, 6.45) is 3.75. The van der Waals surface area contributed by atoms with Crippen LogP contribution in [-0.4, -0.2) is 18.2 Å². The summed E-state index contributed by atoms with van der Waals surface area (Å²) < 4.78 is 23.4. The van der Waals surface area contributed by atoms with Gasteiger partial charge in [0.2, 0.25) is 0 Å². The first kappa shape index (κ1) is 11.5. The molecular formula is C8H13ClN2O2S. The van der Waals surface area contributed by atoms with Crippen LogP contribution in [0.2, 0.25) is 0 Å². The fourth-order valence-electron chi connectivity index (χ4n) is 1.02. The Bertz CT molecular complexity index is 399. The van der Waals surface area contributed by atoms with Gasteiger partial charge >= 0.3 is 0 Å². The van der Waals surface area contributed by atoms with Crippen molar-refractivity contribution in [1.82, 2.24) is 9.78 Å². The van der Waals surface area contributed by atoms with Gasteiger partial charge in [0.15, 0.2) is 0 Å². The lowest BCUT2D eigenvalue weighted by Gasteiger charge is -2.07. The molecule has 1 aromatic rings. The molecule has 80 valence electrons. The highest BCUT2D eigenvalue weighted by Crippen LogP contribution is 2.14. The Morgan fingerprint density at radius 1 is 1.64 bits per heavy atom. The second-order valence-electron chi connectivity index (χ2n) is 3.35. The highest BCUT2D eigenvalue weighted by molar-refractivity contribution is 8.13. The van der Waals surface area contributed by atoms with Crippen LogP contribution in [0.1, 0.15) is 20.3 Å². The van der Waals surface area contributed by atoms with Crippen LogP contribution in [0.4, 0.5) is 0 Å². The zero-order valence-corrected chi connectivity index (χ0v) is 9.72. The number of hydrogen-bond acceptors (Lipinski definition) is 3. The molecule has 1 rings (SSSR count). The van der Waals surface area contributed by atoms with Crippen LogP contribution < -0.4 is 0 Å². The summed E-state index contributed by atoms with van der Waals surface area (Å²) in [6, 6.07) is 0. The maximum Gasteiger partial charge on any atom is 0.264 e. The Labute approximate surface area is 88.3 Å². The van der Waals surface area contributed by atoms with E-state index in [0.717, 1.165) is 6.42 Å². The summed E-state index contributed by atoms with van der Waals surface area (Å²) in [5, 5.41) is 3.92. The molecule has 4 nitrogen and oxygen atoms in total. The third-order valence-electron chi connectivity index (χ3n) is 2.09. The molecule has 0 spiro atoms. The average molecular weight is 237 g/mol. The molecule has 0 amide bonds. The van der Waals surface area contributed by atoms with E-state index < -0.39 is 9.05 Å². The molecule has 6 heteroatoms. The second-order valence-corrected chi connectivity index (χ2v) is 5.92. The molecule has 0 fully saturated rings. The van der Waals surface area contributed by atoms with E-state index in [4.69, 9.17) is 10.7 Å². The summed E-state index contributed by atoms with van der Waals surface area (Å²) in [6.45, 7) is 4.87. The molecule has 0 saturated carbocycles. The van der Waals surface area contributed by atoms with Crippen molar-refractivity contribution >= 4 is 19.7 Å². The van der Waals surface area contributed by atoms with Crippen molar-refractivity contribution < 1.29 is 8.42 Å². The normalized spacial score (nSPS) is 14.2. The highest BCUT2D eigenvalue weighted by Gasteiger charge is 2.13. The molecule has 1 unspecified atom stereocenters. The van der Waals surface area contributed by atoms with Crippen LogP contribution in [0.5, 0.6) is 0 Å². The van der Waals surface area contributed by atoms with Crippen molar-refractivity contribution in [3.05, 3.63) is 12.4 Å². The first-order valence-corrected chi connectivity index (χ1v) is 6.71. The van der Waals surface area contributed by atoms with Crippen LogP contribution >= 0.6 is 10.7 Å². The van der Waals surface area contributed by atoms with E-state index in [1.54, 1.807) is 4.68 Å². The van der Waals surface area contributed by atoms with Crippen molar-refractivity contribution in [3.63, 3.8) is 0 Å². The smallest absolute Gasteiger partial charge is 0.264 e. The lowest BCUT2D eigenvalue weighted by molar-refractivity contribution is 0.438. The van der Waals surface area contributed by atoms with E-state index in [1.807, 2.05) is 0 Å². The Morgan fingerprint density at radius 2 is 2.29 bits per heavy atom. The monoisotopic (exact) mass is 236 g/mol. The van der Waals surface area contributed by atoms with Gasteiger partial charge in [-0.3, -0.25) is 4.68 Å². The maximum atomic E-state index is 10.9. The summed E-state index contributed by atoms with van der Waals surface area (Å²) >= 11 is 0. The van der Waals surface area contributed by atoms with E-state index in [1.165, 1.54) is 12.4 Å². The third kappa shape index (κ3) is 2.99. The first-order chi connectivity index (χ1) is 6.43. The topological polar surface area (TPSA) is 52.0 Å². The van der Waals surface area contributed by atoms with Crippen molar-refractivity contribution in [2.75, 3.05) is 0 Å². The molecule has 0 saturated heterocycles. The van der Waals surface area contributed by atoms with Gasteiger partial charge in [0.05, 0.1) is 6.20 Å². The van der Waals surface area contributed by atoms with Crippen LogP contribution in [0.15, 0.2) is 17.3 Å². The fraction of sp³-hybridized carbons (Fsp3) is 0.625. The molecule has 0 radical (unpaired) electrons. The van der Waals surface area contributed by atoms with Crippen molar-refractivity contribution in [3.8, 4) is 0 Å². The van der Waals surface area contributed by atoms with E-state index in [0.29, 0.717) is 12.5 Å². The average Bonchev–Trinajstić information content (AvgIpc) is 2.51. The van der Waals surface area contributed by atoms with Gasteiger partial charge in [0, 0.05) is 23.4 Å². The van der Waals surface area contributed by atoms with Gasteiger partial charge < -0.3 is 0 Å². The van der Waals surface area contributed by atoms with E-state index in [-0.39, 0.29) is 4.90 Å². The summed E-state index contributed by atoms with van der Waals surface area (Å²) in [4.78, 5) is 0.0578. The van der Waals surface area contributed by atoms with Gasteiger partial charge in [-0.15, -0.1) is 0 Å². The van der Waals surface area contributed by atoms with E-state index in [9.17, 15) is 8.42 Å². The number of nitrogens with zero attached hydrogens (tertiary/aromatic N) is 2. The predicted octanol–water partition coefficient (Wildman–Crippen LogP) is 1.86. The van der Waals surface area contributed by atoms with Gasteiger partial charge in [-0.25, -0.2) is 8.42 Å². The minimum Gasteiger partial charge on any atom is -0.271 e. The predicted molar refractivity (Wildman–Crippen MR) is 54.7 cm³/mol. The molecule has 0 aliphatic carbocycles. The van der Waals surface area contributed by atoms with Gasteiger partial charge in [-0.1, -0.05) is 20.3 Å². The van der Waals surface area contributed by atoms with Gasteiger partial charge in [0.25, 0.3) is 9.05 Å². The molecule has 0 aliphatic rings. The number of rotatable bonds is 4. The van der Waals surface area contributed by atoms with Crippen LogP contribution in [0.3, 0.4) is 0 Å². The molecular weight excluding hydrogens is 224 g/mol. The van der Waals surface area contributed by atoms with Gasteiger partial charge in [0.1, 0.15) is 4.90 Å². The zero-order chi connectivity index (χ0) is 10.8. The minimum absolute atomic E-state index is 0.0578. The van der Waals surface area contributed by atoms with Crippen LogP contribution in [0.25, 0.3) is 0 Å².